The second-order valence-corrected chi connectivity index (χ2v) is 7.48. The molecule has 4 atom stereocenters. The summed E-state index contributed by atoms with van der Waals surface area (Å²) in [6, 6.07) is 12.7. The SMILES string of the molecule is OC[C@H]1O[C@H](c2nc3nc(C#CCOc4ccccc4)nc(Nc4ccco4)c3[nH]2)[C@H](O)[C@@H]1O. The third kappa shape index (κ3) is 4.43. The maximum Gasteiger partial charge on any atom is 0.209 e. The summed E-state index contributed by atoms with van der Waals surface area (Å²) in [5.74, 6) is 7.64. The lowest BCUT2D eigenvalue weighted by atomic mass is 10.1. The van der Waals surface area contributed by atoms with Crippen LogP contribution in [0.5, 0.6) is 5.75 Å². The summed E-state index contributed by atoms with van der Waals surface area (Å²) in [5.41, 5.74) is 0.695. The summed E-state index contributed by atoms with van der Waals surface area (Å²) in [4.78, 5) is 16.3. The Morgan fingerprint density at radius 1 is 1.06 bits per heavy atom. The lowest BCUT2D eigenvalue weighted by Gasteiger charge is -2.11. The molecule has 0 aliphatic carbocycles. The van der Waals surface area contributed by atoms with Crippen molar-refractivity contribution in [3.63, 3.8) is 0 Å². The zero-order chi connectivity index (χ0) is 23.5. The second-order valence-electron chi connectivity index (χ2n) is 7.48. The van der Waals surface area contributed by atoms with Crippen molar-refractivity contribution in [2.75, 3.05) is 18.5 Å². The highest BCUT2D eigenvalue weighted by atomic mass is 16.6. The molecule has 3 aromatic heterocycles. The summed E-state index contributed by atoms with van der Waals surface area (Å²) >= 11 is 0. The minimum Gasteiger partial charge on any atom is -0.481 e. The summed E-state index contributed by atoms with van der Waals surface area (Å²) < 4.78 is 16.5. The number of aliphatic hydroxyl groups is 3. The third-order valence-electron chi connectivity index (χ3n) is 5.20. The van der Waals surface area contributed by atoms with Crippen LogP contribution < -0.4 is 10.1 Å². The quantitative estimate of drug-likeness (QED) is 0.264. The van der Waals surface area contributed by atoms with Crippen LogP contribution in [0.3, 0.4) is 0 Å². The maximum absolute atomic E-state index is 10.4. The fraction of sp³-hybridized carbons (Fsp3) is 0.261. The molecule has 0 saturated carbocycles. The van der Waals surface area contributed by atoms with Crippen molar-refractivity contribution < 1.29 is 29.2 Å². The number of anilines is 2. The van der Waals surface area contributed by atoms with Gasteiger partial charge in [0, 0.05) is 6.07 Å². The number of H-pyrrole nitrogens is 1. The van der Waals surface area contributed by atoms with Crippen molar-refractivity contribution in [3.05, 3.63) is 60.4 Å². The number of imidazole rings is 1. The van der Waals surface area contributed by atoms with Gasteiger partial charge < -0.3 is 39.5 Å². The van der Waals surface area contributed by atoms with Crippen molar-refractivity contribution in [3.8, 4) is 17.6 Å². The molecule has 0 bridgehead atoms. The summed E-state index contributed by atoms with van der Waals surface area (Å²) in [5, 5.41) is 32.8. The molecule has 1 aromatic carbocycles. The van der Waals surface area contributed by atoms with Gasteiger partial charge in [-0.05, 0) is 24.1 Å². The van der Waals surface area contributed by atoms with E-state index in [0.717, 1.165) is 0 Å². The standard InChI is InChI=1S/C23H21N5O6/c29-12-14-18(30)19(31)20(34-14)23-27-17-21(26-16-9-5-11-33-16)24-15(25-22(17)28-23)8-4-10-32-13-6-2-1-3-7-13/h1-3,5-7,9,11,14,18-20,29-31H,10,12H2,(H2,24,25,26,27,28)/t14-,18-,19-,20+/m1/s1. The normalized spacial score (nSPS) is 21.9. The number of hydrogen-bond donors (Lipinski definition) is 5. The monoisotopic (exact) mass is 463 g/mol. The van der Waals surface area contributed by atoms with Crippen molar-refractivity contribution in [1.29, 1.82) is 0 Å². The Bertz CT molecular complexity index is 1310. The number of fused-ring (bicyclic) bond motifs is 1. The van der Waals surface area contributed by atoms with Gasteiger partial charge in [-0.15, -0.1) is 0 Å². The van der Waals surface area contributed by atoms with E-state index in [4.69, 9.17) is 13.9 Å². The number of benzene rings is 1. The summed E-state index contributed by atoms with van der Waals surface area (Å²) in [6.45, 7) is -0.300. The van der Waals surface area contributed by atoms with Gasteiger partial charge in [0.05, 0.1) is 12.9 Å². The Morgan fingerprint density at radius 3 is 2.65 bits per heavy atom. The first-order chi connectivity index (χ1) is 16.6. The van der Waals surface area contributed by atoms with E-state index in [9.17, 15) is 15.3 Å². The maximum atomic E-state index is 10.4. The highest BCUT2D eigenvalue weighted by Gasteiger charge is 2.44. The molecule has 0 unspecified atom stereocenters. The minimum absolute atomic E-state index is 0.140. The van der Waals surface area contributed by atoms with E-state index in [1.54, 1.807) is 12.1 Å². The van der Waals surface area contributed by atoms with Crippen LogP contribution in [0.1, 0.15) is 17.8 Å². The largest absolute Gasteiger partial charge is 0.481 e. The van der Waals surface area contributed by atoms with Gasteiger partial charge in [0.1, 0.15) is 48.1 Å². The van der Waals surface area contributed by atoms with Gasteiger partial charge in [0.25, 0.3) is 0 Å². The van der Waals surface area contributed by atoms with Crippen LogP contribution in [-0.2, 0) is 4.74 Å². The molecule has 0 amide bonds. The zero-order valence-corrected chi connectivity index (χ0v) is 17.8. The molecular weight excluding hydrogens is 442 g/mol. The average molecular weight is 463 g/mol. The third-order valence-corrected chi connectivity index (χ3v) is 5.20. The number of furan rings is 1. The van der Waals surface area contributed by atoms with Crippen LogP contribution >= 0.6 is 0 Å². The van der Waals surface area contributed by atoms with E-state index in [1.165, 1.54) is 6.26 Å². The summed E-state index contributed by atoms with van der Waals surface area (Å²) in [6.07, 6.45) is -2.92. The molecule has 174 valence electrons. The molecular formula is C23H21N5O6. The minimum atomic E-state index is -1.28. The van der Waals surface area contributed by atoms with Gasteiger partial charge in [-0.2, -0.15) is 4.98 Å². The first-order valence-electron chi connectivity index (χ1n) is 10.5. The van der Waals surface area contributed by atoms with Crippen LogP contribution in [0.25, 0.3) is 11.2 Å². The topological polar surface area (TPSA) is 159 Å². The highest BCUT2D eigenvalue weighted by Crippen LogP contribution is 2.34. The summed E-state index contributed by atoms with van der Waals surface area (Å²) in [7, 11) is 0. The molecule has 5 N–H and O–H groups in total. The van der Waals surface area contributed by atoms with E-state index in [1.807, 2.05) is 30.3 Å². The molecule has 11 nitrogen and oxygen atoms in total. The first-order valence-corrected chi connectivity index (χ1v) is 10.5. The van der Waals surface area contributed by atoms with Crippen molar-refractivity contribution in [1.82, 2.24) is 19.9 Å². The second kappa shape index (κ2) is 9.50. The van der Waals surface area contributed by atoms with Gasteiger partial charge in [-0.1, -0.05) is 24.1 Å². The number of ether oxygens (including phenoxy) is 2. The lowest BCUT2D eigenvalue weighted by Crippen LogP contribution is -2.32. The lowest BCUT2D eigenvalue weighted by molar-refractivity contribution is -0.0249. The molecule has 1 aliphatic rings. The zero-order valence-electron chi connectivity index (χ0n) is 17.8. The molecule has 1 aliphatic heterocycles. The molecule has 0 spiro atoms. The van der Waals surface area contributed by atoms with E-state index in [2.05, 4.69) is 37.1 Å². The molecule has 1 fully saturated rings. The molecule has 34 heavy (non-hydrogen) atoms. The van der Waals surface area contributed by atoms with Crippen LogP contribution in [-0.4, -0.2) is 66.8 Å². The fourth-order valence-corrected chi connectivity index (χ4v) is 3.54. The van der Waals surface area contributed by atoms with E-state index < -0.39 is 31.0 Å². The van der Waals surface area contributed by atoms with Crippen molar-refractivity contribution in [2.24, 2.45) is 0 Å². The molecule has 5 rings (SSSR count). The van der Waals surface area contributed by atoms with Gasteiger partial charge >= 0.3 is 0 Å². The van der Waals surface area contributed by atoms with E-state index in [0.29, 0.717) is 23.0 Å². The van der Waals surface area contributed by atoms with Crippen LogP contribution in [0.4, 0.5) is 11.7 Å². The van der Waals surface area contributed by atoms with Crippen molar-refractivity contribution >= 4 is 22.9 Å². The number of nitrogens with zero attached hydrogens (tertiary/aromatic N) is 3. The fourth-order valence-electron chi connectivity index (χ4n) is 3.54. The van der Waals surface area contributed by atoms with Gasteiger partial charge in [-0.25, -0.2) is 9.97 Å². The Hall–Kier alpha value is -3.95. The predicted molar refractivity (Wildman–Crippen MR) is 119 cm³/mol. The number of hydrogen-bond acceptors (Lipinski definition) is 10. The Kier molecular flexibility index (Phi) is 6.11. The Labute approximate surface area is 193 Å². The molecule has 11 heteroatoms. The number of aliphatic hydroxyl groups excluding tert-OH is 3. The predicted octanol–water partition coefficient (Wildman–Crippen LogP) is 1.27. The van der Waals surface area contributed by atoms with Crippen LogP contribution in [0.15, 0.2) is 53.1 Å². The molecule has 4 aromatic rings. The smallest absolute Gasteiger partial charge is 0.209 e. The molecule has 0 radical (unpaired) electrons. The Morgan fingerprint density at radius 2 is 1.91 bits per heavy atom. The first kappa shape index (κ1) is 21.9. The number of para-hydroxylation sites is 1. The molecule has 4 heterocycles. The highest BCUT2D eigenvalue weighted by molar-refractivity contribution is 5.85. The van der Waals surface area contributed by atoms with Gasteiger partial charge in [-0.3, -0.25) is 0 Å². The van der Waals surface area contributed by atoms with Gasteiger partial charge in [0.2, 0.25) is 5.82 Å². The number of nitrogens with one attached hydrogen (secondary N) is 2. The van der Waals surface area contributed by atoms with E-state index >= 15 is 0 Å². The van der Waals surface area contributed by atoms with Crippen molar-refractivity contribution in [2.45, 2.75) is 24.4 Å². The number of rotatable bonds is 6. The van der Waals surface area contributed by atoms with Crippen LogP contribution in [0, 0.1) is 11.8 Å². The number of aromatic amines is 1. The van der Waals surface area contributed by atoms with Gasteiger partial charge in [0.15, 0.2) is 17.3 Å². The van der Waals surface area contributed by atoms with Crippen LogP contribution in [0.2, 0.25) is 0 Å². The Balaban J connectivity index is 1.45. The molecule has 1 saturated heterocycles. The number of aromatic nitrogens is 4. The average Bonchev–Trinajstić information content (AvgIpc) is 3.58. The van der Waals surface area contributed by atoms with E-state index in [-0.39, 0.29) is 23.9 Å².